The molecular weight excluding hydrogens is 356 g/mol. The number of nitrogens with zero attached hydrogens (tertiary/aromatic N) is 3. The molecule has 1 N–H and O–H groups in total. The van der Waals surface area contributed by atoms with E-state index in [1.165, 1.54) is 5.56 Å². The van der Waals surface area contributed by atoms with Crippen molar-refractivity contribution in [2.45, 2.75) is 32.5 Å². The van der Waals surface area contributed by atoms with Crippen molar-refractivity contribution in [3.8, 4) is 5.75 Å². The Morgan fingerprint density at radius 3 is 2.96 bits per heavy atom. The van der Waals surface area contributed by atoms with E-state index in [1.807, 2.05) is 32.0 Å². The molecule has 0 saturated carbocycles. The molecule has 0 aliphatic carbocycles. The Morgan fingerprint density at radius 1 is 1.38 bits per heavy atom. The average Bonchev–Trinajstić information content (AvgIpc) is 3.11. The van der Waals surface area contributed by atoms with Gasteiger partial charge < -0.3 is 19.3 Å². The molecule has 0 radical (unpaired) electrons. The first-order valence-corrected chi connectivity index (χ1v) is 8.74. The lowest BCUT2D eigenvalue weighted by molar-refractivity contribution is 0.0683. The third-order valence-corrected chi connectivity index (χ3v) is 4.45. The van der Waals surface area contributed by atoms with Crippen LogP contribution in [-0.4, -0.2) is 48.4 Å². The molecule has 0 spiro atoms. The van der Waals surface area contributed by atoms with Gasteiger partial charge >= 0.3 is 0 Å². The first-order chi connectivity index (χ1) is 12.2. The number of rotatable bonds is 7. The summed E-state index contributed by atoms with van der Waals surface area (Å²) in [5.41, 5.74) is 1.17. The van der Waals surface area contributed by atoms with Crippen molar-refractivity contribution in [1.82, 2.24) is 20.4 Å². The summed E-state index contributed by atoms with van der Waals surface area (Å²) in [6, 6.07) is 8.34. The number of hydrogen-bond donors (Lipinski definition) is 1. The zero-order valence-electron chi connectivity index (χ0n) is 15.5. The molecular formula is C18H27ClN4O3. The normalized spacial score (nSPS) is 19.0. The number of nitrogens with one attached hydrogen (secondary N) is 1. The van der Waals surface area contributed by atoms with Crippen LogP contribution in [-0.2, 0) is 11.3 Å². The van der Waals surface area contributed by atoms with E-state index in [-0.39, 0.29) is 24.6 Å². The highest BCUT2D eigenvalue weighted by Gasteiger charge is 2.28. The van der Waals surface area contributed by atoms with E-state index in [4.69, 9.17) is 14.0 Å². The number of hydrogen-bond acceptors (Lipinski definition) is 7. The highest BCUT2D eigenvalue weighted by molar-refractivity contribution is 5.85. The summed E-state index contributed by atoms with van der Waals surface area (Å²) in [6.07, 6.45) is -0.157. The lowest BCUT2D eigenvalue weighted by atomic mass is 10.0. The zero-order chi connectivity index (χ0) is 17.6. The van der Waals surface area contributed by atoms with Crippen LogP contribution in [0.4, 0.5) is 0 Å². The fraction of sp³-hybridized carbons (Fsp3) is 0.556. The maximum absolute atomic E-state index is 5.54. The lowest BCUT2D eigenvalue weighted by Gasteiger charge is -2.36. The summed E-state index contributed by atoms with van der Waals surface area (Å²) < 4.78 is 16.5. The van der Waals surface area contributed by atoms with Crippen LogP contribution in [0.3, 0.4) is 0 Å². The van der Waals surface area contributed by atoms with Gasteiger partial charge in [0.2, 0.25) is 5.89 Å². The maximum atomic E-state index is 5.54. The fourth-order valence-electron chi connectivity index (χ4n) is 3.18. The monoisotopic (exact) mass is 382 g/mol. The molecule has 7 nitrogen and oxygen atoms in total. The summed E-state index contributed by atoms with van der Waals surface area (Å²) in [6.45, 7) is 7.81. The van der Waals surface area contributed by atoms with Gasteiger partial charge in [0, 0.05) is 31.8 Å². The summed E-state index contributed by atoms with van der Waals surface area (Å²) in [5, 5.41) is 7.51. The highest BCUT2D eigenvalue weighted by Crippen LogP contribution is 2.31. The predicted molar refractivity (Wildman–Crippen MR) is 101 cm³/mol. The van der Waals surface area contributed by atoms with Crippen molar-refractivity contribution >= 4 is 12.4 Å². The van der Waals surface area contributed by atoms with Crippen molar-refractivity contribution in [1.29, 1.82) is 0 Å². The largest absolute Gasteiger partial charge is 0.496 e. The summed E-state index contributed by atoms with van der Waals surface area (Å²) in [4.78, 5) is 6.84. The predicted octanol–water partition coefficient (Wildman–Crippen LogP) is 2.74. The Hall–Kier alpha value is -1.67. The Labute approximate surface area is 160 Å². The first kappa shape index (κ1) is 20.6. The third kappa shape index (κ3) is 4.73. The van der Waals surface area contributed by atoms with E-state index >= 15 is 0 Å². The molecule has 144 valence electrons. The zero-order valence-corrected chi connectivity index (χ0v) is 16.3. The third-order valence-electron chi connectivity index (χ3n) is 4.45. The van der Waals surface area contributed by atoms with Crippen LogP contribution < -0.4 is 10.1 Å². The van der Waals surface area contributed by atoms with Gasteiger partial charge in [0.05, 0.1) is 19.7 Å². The second kappa shape index (κ2) is 9.87. The van der Waals surface area contributed by atoms with Crippen molar-refractivity contribution in [2.24, 2.45) is 0 Å². The van der Waals surface area contributed by atoms with Gasteiger partial charge in [-0.3, -0.25) is 4.90 Å². The Kier molecular flexibility index (Phi) is 7.84. The van der Waals surface area contributed by atoms with Gasteiger partial charge in [0.1, 0.15) is 11.9 Å². The molecule has 0 bridgehead atoms. The number of para-hydroxylation sites is 1. The number of halogens is 1. The molecule has 2 aromatic rings. The fourth-order valence-corrected chi connectivity index (χ4v) is 3.18. The van der Waals surface area contributed by atoms with Crippen LogP contribution in [0, 0.1) is 0 Å². The minimum atomic E-state index is -0.157. The SMILES string of the molecule is CCOC(C)c1noc(CN2CCNCC2c2ccccc2OC)n1.Cl. The van der Waals surface area contributed by atoms with Crippen molar-refractivity contribution in [3.05, 3.63) is 41.5 Å². The van der Waals surface area contributed by atoms with E-state index < -0.39 is 0 Å². The molecule has 2 atom stereocenters. The molecule has 1 fully saturated rings. The molecule has 26 heavy (non-hydrogen) atoms. The molecule has 0 amide bonds. The molecule has 2 heterocycles. The highest BCUT2D eigenvalue weighted by atomic mass is 35.5. The second-order valence-electron chi connectivity index (χ2n) is 6.08. The van der Waals surface area contributed by atoms with Gasteiger partial charge in [0.25, 0.3) is 0 Å². The van der Waals surface area contributed by atoms with Gasteiger partial charge in [0.15, 0.2) is 5.82 Å². The van der Waals surface area contributed by atoms with E-state index in [9.17, 15) is 0 Å². The van der Waals surface area contributed by atoms with Gasteiger partial charge in [-0.1, -0.05) is 23.4 Å². The molecule has 1 aliphatic rings. The van der Waals surface area contributed by atoms with Crippen molar-refractivity contribution in [3.63, 3.8) is 0 Å². The molecule has 3 rings (SSSR count). The van der Waals surface area contributed by atoms with E-state index in [0.717, 1.165) is 25.4 Å². The molecule has 8 heteroatoms. The summed E-state index contributed by atoms with van der Waals surface area (Å²) in [7, 11) is 1.71. The molecule has 1 aromatic heterocycles. The maximum Gasteiger partial charge on any atom is 0.240 e. The smallest absolute Gasteiger partial charge is 0.240 e. The Bertz CT molecular complexity index is 682. The molecule has 1 aliphatic heterocycles. The van der Waals surface area contributed by atoms with Crippen molar-refractivity contribution < 1.29 is 14.0 Å². The Morgan fingerprint density at radius 2 is 2.19 bits per heavy atom. The van der Waals surface area contributed by atoms with Crippen LogP contribution >= 0.6 is 12.4 Å². The van der Waals surface area contributed by atoms with Crippen molar-refractivity contribution in [2.75, 3.05) is 33.4 Å². The summed E-state index contributed by atoms with van der Waals surface area (Å²) in [5.74, 6) is 2.11. The molecule has 1 saturated heterocycles. The number of aromatic nitrogens is 2. The first-order valence-electron chi connectivity index (χ1n) is 8.74. The topological polar surface area (TPSA) is 72.7 Å². The van der Waals surface area contributed by atoms with Crippen LogP contribution in [0.5, 0.6) is 5.75 Å². The van der Waals surface area contributed by atoms with Crippen LogP contribution in [0.2, 0.25) is 0 Å². The quantitative estimate of drug-likeness (QED) is 0.789. The minimum absolute atomic E-state index is 0. The number of benzene rings is 1. The van der Waals surface area contributed by atoms with Crippen LogP contribution in [0.25, 0.3) is 0 Å². The second-order valence-corrected chi connectivity index (χ2v) is 6.08. The number of piperazine rings is 1. The Balaban J connectivity index is 0.00000243. The van der Waals surface area contributed by atoms with Crippen LogP contribution in [0.1, 0.15) is 43.3 Å². The van der Waals surface area contributed by atoms with Gasteiger partial charge in [-0.2, -0.15) is 4.98 Å². The van der Waals surface area contributed by atoms with E-state index in [2.05, 4.69) is 26.4 Å². The van der Waals surface area contributed by atoms with Gasteiger partial charge in [-0.05, 0) is 19.9 Å². The van der Waals surface area contributed by atoms with Gasteiger partial charge in [-0.25, -0.2) is 0 Å². The molecule has 2 unspecified atom stereocenters. The molecule has 1 aromatic carbocycles. The van der Waals surface area contributed by atoms with E-state index in [1.54, 1.807) is 7.11 Å². The lowest BCUT2D eigenvalue weighted by Crippen LogP contribution is -2.45. The van der Waals surface area contributed by atoms with E-state index in [0.29, 0.717) is 24.9 Å². The number of ether oxygens (including phenoxy) is 2. The standard InChI is InChI=1S/C18H26N4O3.ClH/c1-4-24-13(2)18-20-17(25-21-18)12-22-10-9-19-11-15(22)14-7-5-6-8-16(14)23-3;/h5-8,13,15,19H,4,9-12H2,1-3H3;1H. The van der Waals surface area contributed by atoms with Crippen LogP contribution in [0.15, 0.2) is 28.8 Å². The number of methoxy groups -OCH3 is 1. The van der Waals surface area contributed by atoms with Gasteiger partial charge in [-0.15, -0.1) is 12.4 Å². The minimum Gasteiger partial charge on any atom is -0.496 e. The summed E-state index contributed by atoms with van der Waals surface area (Å²) >= 11 is 0. The average molecular weight is 383 g/mol.